The lowest BCUT2D eigenvalue weighted by Crippen LogP contribution is -2.19. The number of anilines is 2. The Kier molecular flexibility index (Phi) is 5.28. The number of carbonyl (C=O) groups is 2. The molecule has 0 spiro atoms. The zero-order chi connectivity index (χ0) is 22.1. The minimum absolute atomic E-state index is 0.0348. The van der Waals surface area contributed by atoms with Crippen LogP contribution >= 0.6 is 11.5 Å². The first-order valence-corrected chi connectivity index (χ1v) is 11.0. The maximum atomic E-state index is 13.1. The van der Waals surface area contributed by atoms with Gasteiger partial charge < -0.3 is 10.1 Å². The van der Waals surface area contributed by atoms with Crippen molar-refractivity contribution in [1.82, 2.24) is 9.36 Å². The largest absolute Gasteiger partial charge is 0.497 e. The van der Waals surface area contributed by atoms with Crippen LogP contribution in [0.15, 0.2) is 60.7 Å². The van der Waals surface area contributed by atoms with Gasteiger partial charge in [-0.2, -0.15) is 9.36 Å². The molecule has 1 aliphatic carbocycles. The Morgan fingerprint density at radius 3 is 2.41 bits per heavy atom. The number of amides is 2. The van der Waals surface area contributed by atoms with Gasteiger partial charge in [0, 0.05) is 23.0 Å². The summed E-state index contributed by atoms with van der Waals surface area (Å²) in [5, 5.41) is 8.00. The van der Waals surface area contributed by atoms with Crippen molar-refractivity contribution in [2.75, 3.05) is 17.7 Å². The summed E-state index contributed by atoms with van der Waals surface area (Å²) in [5.41, 5.74) is 1.71. The minimum atomic E-state index is -0.348. The van der Waals surface area contributed by atoms with E-state index in [1.807, 2.05) is 54.6 Å². The Balaban J connectivity index is 1.41. The highest BCUT2D eigenvalue weighted by Crippen LogP contribution is 2.32. The van der Waals surface area contributed by atoms with Gasteiger partial charge in [-0.05, 0) is 60.0 Å². The van der Waals surface area contributed by atoms with Crippen molar-refractivity contribution >= 4 is 44.9 Å². The van der Waals surface area contributed by atoms with E-state index in [2.05, 4.69) is 20.0 Å². The van der Waals surface area contributed by atoms with E-state index in [4.69, 9.17) is 4.74 Å². The van der Waals surface area contributed by atoms with E-state index >= 15 is 0 Å². The fraction of sp³-hybridized carbons (Fsp3) is 0.167. The van der Waals surface area contributed by atoms with Gasteiger partial charge in [-0.15, -0.1) is 0 Å². The van der Waals surface area contributed by atoms with E-state index in [9.17, 15) is 9.59 Å². The van der Waals surface area contributed by atoms with Crippen LogP contribution in [0.5, 0.6) is 5.75 Å². The van der Waals surface area contributed by atoms with E-state index < -0.39 is 0 Å². The van der Waals surface area contributed by atoms with Gasteiger partial charge in [-0.1, -0.05) is 24.3 Å². The van der Waals surface area contributed by atoms with Gasteiger partial charge >= 0.3 is 0 Å². The third-order valence-electron chi connectivity index (χ3n) is 5.33. The van der Waals surface area contributed by atoms with Crippen molar-refractivity contribution in [1.29, 1.82) is 0 Å². The second-order valence-electron chi connectivity index (χ2n) is 7.61. The molecular weight excluding hydrogens is 424 g/mol. The van der Waals surface area contributed by atoms with Crippen molar-refractivity contribution in [2.24, 2.45) is 5.92 Å². The number of ether oxygens (including phenoxy) is 1. The summed E-state index contributed by atoms with van der Waals surface area (Å²) in [6.07, 6.45) is 1.78. The number of nitrogens with one attached hydrogen (secondary N) is 2. The van der Waals surface area contributed by atoms with Gasteiger partial charge in [0.05, 0.1) is 18.4 Å². The van der Waals surface area contributed by atoms with Crippen LogP contribution in [-0.4, -0.2) is 28.3 Å². The molecule has 4 aromatic rings. The summed E-state index contributed by atoms with van der Waals surface area (Å²) in [6.45, 7) is 0. The molecule has 1 aromatic heterocycles. The molecule has 32 heavy (non-hydrogen) atoms. The normalized spacial score (nSPS) is 13.0. The van der Waals surface area contributed by atoms with Crippen molar-refractivity contribution in [3.8, 4) is 17.1 Å². The predicted molar refractivity (Wildman–Crippen MR) is 125 cm³/mol. The fourth-order valence-corrected chi connectivity index (χ4v) is 3.99. The molecule has 160 valence electrons. The molecule has 3 aromatic carbocycles. The highest BCUT2D eigenvalue weighted by molar-refractivity contribution is 7.10. The van der Waals surface area contributed by atoms with E-state index in [0.29, 0.717) is 22.2 Å². The van der Waals surface area contributed by atoms with Crippen LogP contribution in [0, 0.1) is 5.92 Å². The number of fused-ring (bicyclic) bond motifs is 1. The highest BCUT2D eigenvalue weighted by atomic mass is 32.1. The van der Waals surface area contributed by atoms with Crippen LogP contribution in [0.25, 0.3) is 22.2 Å². The lowest BCUT2D eigenvalue weighted by atomic mass is 10.0. The van der Waals surface area contributed by atoms with Crippen LogP contribution in [0.1, 0.15) is 23.2 Å². The van der Waals surface area contributed by atoms with Gasteiger partial charge in [0.25, 0.3) is 5.91 Å². The Labute approximate surface area is 188 Å². The summed E-state index contributed by atoms with van der Waals surface area (Å²) in [4.78, 5) is 30.0. The predicted octanol–water partition coefficient (Wildman–Crippen LogP) is 4.97. The molecule has 0 radical (unpaired) electrons. The molecule has 1 aliphatic rings. The number of nitrogens with zero attached hydrogens (tertiary/aromatic N) is 2. The Bertz CT molecular complexity index is 1310. The average Bonchev–Trinajstić information content (AvgIpc) is 3.58. The van der Waals surface area contributed by atoms with Gasteiger partial charge in [0.15, 0.2) is 5.82 Å². The number of hydrogen-bond acceptors (Lipinski definition) is 6. The number of rotatable bonds is 6. The fourth-order valence-electron chi connectivity index (χ4n) is 3.41. The zero-order valence-corrected chi connectivity index (χ0v) is 18.1. The number of carbonyl (C=O) groups excluding carboxylic acids is 2. The summed E-state index contributed by atoms with van der Waals surface area (Å²) >= 11 is 1.10. The van der Waals surface area contributed by atoms with E-state index in [1.165, 1.54) is 0 Å². The van der Waals surface area contributed by atoms with Crippen LogP contribution < -0.4 is 15.4 Å². The third-order valence-corrected chi connectivity index (χ3v) is 5.96. The van der Waals surface area contributed by atoms with Gasteiger partial charge in [-0.25, -0.2) is 0 Å². The lowest BCUT2D eigenvalue weighted by Gasteiger charge is -2.12. The number of aromatic nitrogens is 2. The first-order valence-electron chi connectivity index (χ1n) is 10.2. The Morgan fingerprint density at radius 2 is 1.72 bits per heavy atom. The molecule has 1 heterocycles. The topological polar surface area (TPSA) is 93.2 Å². The van der Waals surface area contributed by atoms with Crippen molar-refractivity contribution < 1.29 is 14.3 Å². The maximum Gasteiger partial charge on any atom is 0.259 e. The SMILES string of the molecule is COc1ccc(-c2nsc(NC(=O)c3cc4ccccc4cc3NC(=O)C3CC3)n2)cc1. The second-order valence-corrected chi connectivity index (χ2v) is 8.37. The molecule has 2 N–H and O–H groups in total. The van der Waals surface area contributed by atoms with Gasteiger partial charge in [-0.3, -0.25) is 14.9 Å². The van der Waals surface area contributed by atoms with Crippen LogP contribution in [-0.2, 0) is 4.79 Å². The van der Waals surface area contributed by atoms with E-state index in [1.54, 1.807) is 13.2 Å². The Hall–Kier alpha value is -3.78. The van der Waals surface area contributed by atoms with Crippen molar-refractivity contribution in [3.05, 3.63) is 66.2 Å². The highest BCUT2D eigenvalue weighted by Gasteiger charge is 2.30. The summed E-state index contributed by atoms with van der Waals surface area (Å²) < 4.78 is 9.52. The van der Waals surface area contributed by atoms with E-state index in [-0.39, 0.29) is 17.7 Å². The average molecular weight is 445 g/mol. The molecule has 0 saturated heterocycles. The quantitative estimate of drug-likeness (QED) is 0.438. The Morgan fingerprint density at radius 1 is 1.00 bits per heavy atom. The standard InChI is InChI=1S/C24H20N4O3S/c1-31-18-10-8-14(9-11-18)21-26-24(32-28-21)27-23(30)19-12-16-4-2-3-5-17(16)13-20(19)25-22(29)15-6-7-15/h2-5,8-13,15H,6-7H2,1H3,(H,25,29)(H,26,27,28,30). The maximum absolute atomic E-state index is 13.1. The monoisotopic (exact) mass is 444 g/mol. The van der Waals surface area contributed by atoms with Crippen LogP contribution in [0.3, 0.4) is 0 Å². The molecule has 0 bridgehead atoms. The second kappa shape index (κ2) is 8.39. The molecule has 7 nitrogen and oxygen atoms in total. The first kappa shape index (κ1) is 20.1. The third kappa shape index (κ3) is 4.17. The van der Waals surface area contributed by atoms with Crippen molar-refractivity contribution in [3.63, 3.8) is 0 Å². The summed E-state index contributed by atoms with van der Waals surface area (Å²) in [7, 11) is 1.61. The molecular formula is C24H20N4O3S. The lowest BCUT2D eigenvalue weighted by molar-refractivity contribution is -0.117. The molecule has 8 heteroatoms. The molecule has 2 amide bonds. The number of methoxy groups -OCH3 is 1. The minimum Gasteiger partial charge on any atom is -0.497 e. The molecule has 5 rings (SSSR count). The molecule has 0 aliphatic heterocycles. The smallest absolute Gasteiger partial charge is 0.259 e. The first-order chi connectivity index (χ1) is 15.6. The number of hydrogen-bond donors (Lipinski definition) is 2. The van der Waals surface area contributed by atoms with Gasteiger partial charge in [0.2, 0.25) is 11.0 Å². The molecule has 0 atom stereocenters. The van der Waals surface area contributed by atoms with Crippen LogP contribution in [0.2, 0.25) is 0 Å². The molecule has 0 unspecified atom stereocenters. The molecule has 1 saturated carbocycles. The number of benzene rings is 3. The van der Waals surface area contributed by atoms with Crippen LogP contribution in [0.4, 0.5) is 10.8 Å². The summed E-state index contributed by atoms with van der Waals surface area (Å²) in [5.74, 6) is 0.905. The van der Waals surface area contributed by atoms with Gasteiger partial charge in [0.1, 0.15) is 5.75 Å². The van der Waals surface area contributed by atoms with E-state index in [0.717, 1.165) is 46.5 Å². The zero-order valence-electron chi connectivity index (χ0n) is 17.3. The van der Waals surface area contributed by atoms with Crippen molar-refractivity contribution in [2.45, 2.75) is 12.8 Å². The molecule has 1 fully saturated rings. The summed E-state index contributed by atoms with van der Waals surface area (Å²) in [6, 6.07) is 18.8.